The van der Waals surface area contributed by atoms with E-state index in [-0.39, 0.29) is 5.91 Å². The lowest BCUT2D eigenvalue weighted by Crippen LogP contribution is -2.30. The summed E-state index contributed by atoms with van der Waals surface area (Å²) in [6.07, 6.45) is 4.35. The third-order valence-corrected chi connectivity index (χ3v) is 5.77. The Bertz CT molecular complexity index is 1030. The molecule has 0 aliphatic carbocycles. The molecule has 2 aromatic carbocycles. The van der Waals surface area contributed by atoms with E-state index >= 15 is 0 Å². The van der Waals surface area contributed by atoms with Crippen LogP contribution in [0.4, 0.5) is 11.5 Å². The molecule has 1 aromatic heterocycles. The zero-order valence-corrected chi connectivity index (χ0v) is 19.2. The van der Waals surface area contributed by atoms with Crippen molar-refractivity contribution < 1.29 is 14.3 Å². The summed E-state index contributed by atoms with van der Waals surface area (Å²) < 4.78 is 10.9. The number of methoxy groups -OCH3 is 1. The topological polar surface area (TPSA) is 76.6 Å². The predicted molar refractivity (Wildman–Crippen MR) is 130 cm³/mol. The molecule has 3 aromatic rings. The lowest BCUT2D eigenvalue weighted by Gasteiger charge is -2.20. The maximum atomic E-state index is 12.5. The Kier molecular flexibility index (Phi) is 7.40. The smallest absolute Gasteiger partial charge is 0.265 e. The van der Waals surface area contributed by atoms with Crippen molar-refractivity contribution in [2.24, 2.45) is 0 Å². The molecule has 4 rings (SSSR count). The molecule has 1 aliphatic heterocycles. The first-order chi connectivity index (χ1) is 16.1. The average molecular weight is 447 g/mol. The minimum absolute atomic E-state index is 0.222. The Balaban J connectivity index is 1.34. The molecule has 1 unspecified atom stereocenters. The fourth-order valence-corrected chi connectivity index (χ4v) is 3.83. The molecule has 7 heteroatoms. The quantitative estimate of drug-likeness (QED) is 0.554. The van der Waals surface area contributed by atoms with E-state index in [1.165, 1.54) is 25.7 Å². The molecule has 0 radical (unpaired) electrons. The lowest BCUT2D eigenvalue weighted by molar-refractivity contribution is -0.122. The summed E-state index contributed by atoms with van der Waals surface area (Å²) in [5.74, 6) is 2.06. The molecule has 7 nitrogen and oxygen atoms in total. The maximum Gasteiger partial charge on any atom is 0.265 e. The third kappa shape index (κ3) is 6.00. The predicted octanol–water partition coefficient (Wildman–Crippen LogP) is 4.94. The summed E-state index contributed by atoms with van der Waals surface area (Å²) in [4.78, 5) is 14.8. The van der Waals surface area contributed by atoms with Crippen molar-refractivity contribution in [3.8, 4) is 22.8 Å². The summed E-state index contributed by atoms with van der Waals surface area (Å²) in [6.45, 7) is 3.81. The molecule has 33 heavy (non-hydrogen) atoms. The molecule has 1 aliphatic rings. The van der Waals surface area contributed by atoms with Gasteiger partial charge in [-0.1, -0.05) is 25.0 Å². The van der Waals surface area contributed by atoms with Crippen LogP contribution < -0.4 is 19.7 Å². The Morgan fingerprint density at radius 1 is 0.879 bits per heavy atom. The molecule has 1 N–H and O–H groups in total. The van der Waals surface area contributed by atoms with Crippen LogP contribution in [0.15, 0.2) is 60.7 Å². The number of carbonyl (C=O) groups is 1. The Hall–Kier alpha value is -3.61. The van der Waals surface area contributed by atoms with Crippen molar-refractivity contribution in [1.29, 1.82) is 0 Å². The normalized spacial score (nSPS) is 14.8. The van der Waals surface area contributed by atoms with Gasteiger partial charge in [-0.2, -0.15) is 0 Å². The van der Waals surface area contributed by atoms with Gasteiger partial charge in [-0.25, -0.2) is 0 Å². The van der Waals surface area contributed by atoms with E-state index in [4.69, 9.17) is 9.47 Å². The van der Waals surface area contributed by atoms with Crippen LogP contribution in [0.3, 0.4) is 0 Å². The molecule has 0 saturated carbocycles. The van der Waals surface area contributed by atoms with Crippen LogP contribution in [0.1, 0.15) is 32.6 Å². The minimum Gasteiger partial charge on any atom is -0.497 e. The second-order valence-electron chi connectivity index (χ2n) is 8.18. The number of nitrogens with zero attached hydrogens (tertiary/aromatic N) is 3. The highest BCUT2D eigenvalue weighted by atomic mass is 16.5. The van der Waals surface area contributed by atoms with Gasteiger partial charge in [0, 0.05) is 24.3 Å². The molecule has 1 amide bonds. The van der Waals surface area contributed by atoms with Gasteiger partial charge in [0.05, 0.1) is 12.8 Å². The van der Waals surface area contributed by atoms with Crippen LogP contribution in [0, 0.1) is 0 Å². The van der Waals surface area contributed by atoms with E-state index in [2.05, 4.69) is 20.4 Å². The third-order valence-electron chi connectivity index (χ3n) is 5.77. The van der Waals surface area contributed by atoms with Gasteiger partial charge in [0.25, 0.3) is 5.91 Å². The van der Waals surface area contributed by atoms with Gasteiger partial charge in [-0.3, -0.25) is 4.79 Å². The van der Waals surface area contributed by atoms with Gasteiger partial charge in [0.15, 0.2) is 11.9 Å². The van der Waals surface area contributed by atoms with Crippen LogP contribution >= 0.6 is 0 Å². The molecule has 0 spiro atoms. The van der Waals surface area contributed by atoms with E-state index < -0.39 is 6.10 Å². The number of ether oxygens (including phenoxy) is 2. The van der Waals surface area contributed by atoms with Crippen LogP contribution in [0.2, 0.25) is 0 Å². The molecule has 1 saturated heterocycles. The fourth-order valence-electron chi connectivity index (χ4n) is 3.83. The number of hydrogen-bond donors (Lipinski definition) is 1. The standard InChI is InChI=1S/C26H30N4O3/c1-19(33-23-13-11-22(32-2)12-14-23)26(31)27-21-9-7-20(8-10-21)24-15-16-25(29-28-24)30-17-5-3-4-6-18-30/h7-16,19H,3-6,17-18H2,1-2H3,(H,27,31). The first-order valence-electron chi connectivity index (χ1n) is 11.4. The summed E-state index contributed by atoms with van der Waals surface area (Å²) in [6, 6.07) is 18.8. The number of hydrogen-bond acceptors (Lipinski definition) is 6. The van der Waals surface area contributed by atoms with Crippen molar-refractivity contribution in [1.82, 2.24) is 10.2 Å². The van der Waals surface area contributed by atoms with Crippen molar-refractivity contribution >= 4 is 17.4 Å². The van der Waals surface area contributed by atoms with Gasteiger partial charge < -0.3 is 19.7 Å². The van der Waals surface area contributed by atoms with Gasteiger partial charge in [-0.05, 0) is 68.3 Å². The van der Waals surface area contributed by atoms with E-state index in [0.717, 1.165) is 35.9 Å². The van der Waals surface area contributed by atoms with Crippen molar-refractivity contribution in [2.45, 2.75) is 38.7 Å². The van der Waals surface area contributed by atoms with Gasteiger partial charge in [0.2, 0.25) is 0 Å². The van der Waals surface area contributed by atoms with Crippen LogP contribution in [0.25, 0.3) is 11.3 Å². The maximum absolute atomic E-state index is 12.5. The van der Waals surface area contributed by atoms with Crippen LogP contribution in [0.5, 0.6) is 11.5 Å². The van der Waals surface area contributed by atoms with Gasteiger partial charge >= 0.3 is 0 Å². The van der Waals surface area contributed by atoms with Gasteiger partial charge in [-0.15, -0.1) is 10.2 Å². The summed E-state index contributed by atoms with van der Waals surface area (Å²) in [7, 11) is 1.61. The Morgan fingerprint density at radius 2 is 1.55 bits per heavy atom. The number of amides is 1. The average Bonchev–Trinajstić information content (AvgIpc) is 3.15. The molecule has 1 atom stereocenters. The molecular weight excluding hydrogens is 416 g/mol. The number of benzene rings is 2. The lowest BCUT2D eigenvalue weighted by atomic mass is 10.1. The fraction of sp³-hybridized carbons (Fsp3) is 0.346. The molecule has 2 heterocycles. The SMILES string of the molecule is COc1ccc(OC(C)C(=O)Nc2ccc(-c3ccc(N4CCCCCC4)nn3)cc2)cc1. The largest absolute Gasteiger partial charge is 0.497 e. The number of carbonyl (C=O) groups excluding carboxylic acids is 1. The number of anilines is 2. The van der Waals surface area contributed by atoms with Gasteiger partial charge in [0.1, 0.15) is 11.5 Å². The molecule has 0 bridgehead atoms. The van der Waals surface area contributed by atoms with Crippen LogP contribution in [-0.4, -0.2) is 42.4 Å². The summed E-state index contributed by atoms with van der Waals surface area (Å²) in [5, 5.41) is 11.8. The minimum atomic E-state index is -0.643. The number of rotatable bonds is 7. The second kappa shape index (κ2) is 10.8. The Morgan fingerprint density at radius 3 is 2.15 bits per heavy atom. The first kappa shape index (κ1) is 22.6. The number of nitrogens with one attached hydrogen (secondary N) is 1. The number of aromatic nitrogens is 2. The summed E-state index contributed by atoms with van der Waals surface area (Å²) >= 11 is 0. The monoisotopic (exact) mass is 446 g/mol. The van der Waals surface area contributed by atoms with E-state index in [9.17, 15) is 4.79 Å². The van der Waals surface area contributed by atoms with Crippen LogP contribution in [-0.2, 0) is 4.79 Å². The Labute approximate surface area is 194 Å². The van der Waals surface area contributed by atoms with Crippen molar-refractivity contribution in [3.63, 3.8) is 0 Å². The molecule has 1 fully saturated rings. The van der Waals surface area contributed by atoms with E-state index in [0.29, 0.717) is 11.4 Å². The van der Waals surface area contributed by atoms with Crippen molar-refractivity contribution in [2.75, 3.05) is 30.4 Å². The van der Waals surface area contributed by atoms with Crippen molar-refractivity contribution in [3.05, 3.63) is 60.7 Å². The first-order valence-corrected chi connectivity index (χ1v) is 11.4. The molecule has 172 valence electrons. The zero-order valence-electron chi connectivity index (χ0n) is 19.2. The highest BCUT2D eigenvalue weighted by Gasteiger charge is 2.15. The highest BCUT2D eigenvalue weighted by molar-refractivity contribution is 5.94. The summed E-state index contributed by atoms with van der Waals surface area (Å²) in [5.41, 5.74) is 2.45. The molecular formula is C26H30N4O3. The second-order valence-corrected chi connectivity index (χ2v) is 8.18. The van der Waals surface area contributed by atoms with E-state index in [1.807, 2.05) is 36.4 Å². The van der Waals surface area contributed by atoms with E-state index in [1.54, 1.807) is 38.3 Å². The zero-order chi connectivity index (χ0) is 23.0. The highest BCUT2D eigenvalue weighted by Crippen LogP contribution is 2.23.